The lowest BCUT2D eigenvalue weighted by Crippen LogP contribution is -2.27. The van der Waals surface area contributed by atoms with E-state index >= 15 is 0 Å². The van der Waals surface area contributed by atoms with Gasteiger partial charge in [-0.2, -0.15) is 15.0 Å². The zero-order valence-corrected chi connectivity index (χ0v) is 11.7. The molecule has 0 unspecified atom stereocenters. The van der Waals surface area contributed by atoms with Gasteiger partial charge in [-0.3, -0.25) is 4.79 Å². The summed E-state index contributed by atoms with van der Waals surface area (Å²) in [5.74, 6) is -0.264. The first kappa shape index (κ1) is 15.9. The van der Waals surface area contributed by atoms with Crippen molar-refractivity contribution in [3.05, 3.63) is 0 Å². The van der Waals surface area contributed by atoms with E-state index in [9.17, 15) is 4.79 Å². The van der Waals surface area contributed by atoms with Gasteiger partial charge in [0.05, 0.1) is 6.61 Å². The molecule has 9 nitrogen and oxygen atoms in total. The zero-order chi connectivity index (χ0) is 15.1. The molecule has 0 bridgehead atoms. The van der Waals surface area contributed by atoms with Gasteiger partial charge in [0.1, 0.15) is 6.04 Å². The second kappa shape index (κ2) is 7.43. The van der Waals surface area contributed by atoms with Crippen LogP contribution in [-0.2, 0) is 4.79 Å². The first-order chi connectivity index (χ1) is 9.42. The Labute approximate surface area is 116 Å². The van der Waals surface area contributed by atoms with Crippen molar-refractivity contribution >= 4 is 23.8 Å². The van der Waals surface area contributed by atoms with Crippen molar-refractivity contribution in [3.63, 3.8) is 0 Å². The number of rotatable bonds is 8. The fourth-order valence-corrected chi connectivity index (χ4v) is 1.27. The maximum absolute atomic E-state index is 10.8. The Hall–Kier alpha value is -2.16. The summed E-state index contributed by atoms with van der Waals surface area (Å²) < 4.78 is 0. The minimum Gasteiger partial charge on any atom is -0.480 e. The summed E-state index contributed by atoms with van der Waals surface area (Å²) in [6.07, 6.45) is 0. The molecule has 0 aliphatic rings. The molecule has 0 aromatic carbocycles. The number of hydrogen-bond acceptors (Lipinski definition) is 8. The second-order valence-electron chi connectivity index (χ2n) is 4.46. The van der Waals surface area contributed by atoms with Crippen molar-refractivity contribution in [2.24, 2.45) is 0 Å². The molecule has 0 aliphatic heterocycles. The second-order valence-corrected chi connectivity index (χ2v) is 4.46. The van der Waals surface area contributed by atoms with Crippen LogP contribution in [0, 0.1) is 0 Å². The van der Waals surface area contributed by atoms with Crippen LogP contribution in [0.1, 0.15) is 20.8 Å². The van der Waals surface area contributed by atoms with Crippen molar-refractivity contribution in [2.45, 2.75) is 32.9 Å². The summed E-state index contributed by atoms with van der Waals surface area (Å²) in [4.78, 5) is 23.1. The van der Waals surface area contributed by atoms with Crippen LogP contribution in [-0.4, -0.2) is 56.4 Å². The van der Waals surface area contributed by atoms with Gasteiger partial charge in [-0.15, -0.1) is 0 Å². The Balaban J connectivity index is 2.93. The normalized spacial score (nSPS) is 12.1. The number of nitrogens with one attached hydrogen (secondary N) is 3. The van der Waals surface area contributed by atoms with Crippen molar-refractivity contribution in [1.82, 2.24) is 15.0 Å². The first-order valence-electron chi connectivity index (χ1n) is 6.29. The van der Waals surface area contributed by atoms with E-state index in [2.05, 4.69) is 30.9 Å². The summed E-state index contributed by atoms with van der Waals surface area (Å²) in [7, 11) is 0. The zero-order valence-electron chi connectivity index (χ0n) is 11.7. The Morgan fingerprint density at radius 3 is 2.15 bits per heavy atom. The molecule has 0 saturated heterocycles. The molecular weight excluding hydrogens is 264 g/mol. The number of hydrogen-bond donors (Lipinski definition) is 5. The molecule has 0 spiro atoms. The minimum absolute atomic E-state index is 0.0626. The highest BCUT2D eigenvalue weighted by Crippen LogP contribution is 2.11. The molecule has 20 heavy (non-hydrogen) atoms. The Bertz CT molecular complexity index is 454. The number of aliphatic carboxylic acids is 1. The van der Waals surface area contributed by atoms with E-state index in [1.54, 1.807) is 0 Å². The van der Waals surface area contributed by atoms with Crippen LogP contribution in [0.15, 0.2) is 0 Å². The molecule has 1 atom stereocenters. The van der Waals surface area contributed by atoms with Crippen molar-refractivity contribution < 1.29 is 15.0 Å². The lowest BCUT2D eigenvalue weighted by atomic mass is 10.3. The number of anilines is 3. The Kier molecular flexibility index (Phi) is 5.91. The van der Waals surface area contributed by atoms with E-state index in [0.29, 0.717) is 12.5 Å². The van der Waals surface area contributed by atoms with Gasteiger partial charge in [0, 0.05) is 12.6 Å². The third kappa shape index (κ3) is 5.22. The number of aliphatic hydroxyl groups excluding tert-OH is 1. The maximum atomic E-state index is 10.8. The fraction of sp³-hybridized carbons (Fsp3) is 0.636. The predicted octanol–water partition coefficient (Wildman–Crippen LogP) is -0.0189. The quantitative estimate of drug-likeness (QED) is 0.446. The van der Waals surface area contributed by atoms with E-state index in [0.717, 1.165) is 0 Å². The van der Waals surface area contributed by atoms with Gasteiger partial charge in [0.2, 0.25) is 17.8 Å². The van der Waals surface area contributed by atoms with E-state index in [1.165, 1.54) is 6.92 Å². The number of nitrogens with zero attached hydrogens (tertiary/aromatic N) is 3. The SMILES string of the molecule is CC(C)Nc1nc(NCCO)nc(N[C@H](C)C(=O)O)n1. The molecule has 0 aliphatic carbocycles. The van der Waals surface area contributed by atoms with Crippen LogP contribution in [0.25, 0.3) is 0 Å². The molecule has 112 valence electrons. The lowest BCUT2D eigenvalue weighted by Gasteiger charge is -2.14. The first-order valence-corrected chi connectivity index (χ1v) is 6.29. The van der Waals surface area contributed by atoms with E-state index in [1.807, 2.05) is 13.8 Å². The summed E-state index contributed by atoms with van der Waals surface area (Å²) in [6.45, 7) is 5.57. The molecule has 1 aromatic rings. The topological polar surface area (TPSA) is 132 Å². The standard InChI is InChI=1S/C11H20N6O3/c1-6(2)13-10-15-9(12-4-5-18)16-11(17-10)14-7(3)8(19)20/h6-7,18H,4-5H2,1-3H3,(H,19,20)(H3,12,13,14,15,16,17)/t7-/m1/s1. The predicted molar refractivity (Wildman–Crippen MR) is 74.9 cm³/mol. The summed E-state index contributed by atoms with van der Waals surface area (Å²) in [5.41, 5.74) is 0. The monoisotopic (exact) mass is 284 g/mol. The van der Waals surface area contributed by atoms with E-state index in [4.69, 9.17) is 10.2 Å². The highest BCUT2D eigenvalue weighted by Gasteiger charge is 2.14. The average molecular weight is 284 g/mol. The summed E-state index contributed by atoms with van der Waals surface area (Å²) >= 11 is 0. The Morgan fingerprint density at radius 2 is 1.65 bits per heavy atom. The Morgan fingerprint density at radius 1 is 1.10 bits per heavy atom. The van der Waals surface area contributed by atoms with Gasteiger partial charge < -0.3 is 26.2 Å². The number of carboxylic acids is 1. The van der Waals surface area contributed by atoms with Gasteiger partial charge >= 0.3 is 5.97 Å². The number of carboxylic acid groups (broad SMARTS) is 1. The maximum Gasteiger partial charge on any atom is 0.325 e. The van der Waals surface area contributed by atoms with Crippen LogP contribution >= 0.6 is 0 Å². The molecule has 5 N–H and O–H groups in total. The summed E-state index contributed by atoms with van der Waals surface area (Å²) in [5, 5.41) is 26.1. The van der Waals surface area contributed by atoms with Crippen LogP contribution in [0.3, 0.4) is 0 Å². The number of aliphatic hydroxyl groups is 1. The van der Waals surface area contributed by atoms with Crippen molar-refractivity contribution in [3.8, 4) is 0 Å². The minimum atomic E-state index is -1.01. The fourth-order valence-electron chi connectivity index (χ4n) is 1.27. The largest absolute Gasteiger partial charge is 0.480 e. The van der Waals surface area contributed by atoms with Crippen molar-refractivity contribution in [1.29, 1.82) is 0 Å². The highest BCUT2D eigenvalue weighted by molar-refractivity contribution is 5.76. The molecule has 9 heteroatoms. The third-order valence-electron chi connectivity index (χ3n) is 2.16. The number of carbonyl (C=O) groups is 1. The van der Waals surface area contributed by atoms with Crippen LogP contribution in [0.5, 0.6) is 0 Å². The molecular formula is C11H20N6O3. The van der Waals surface area contributed by atoms with Gasteiger partial charge in [-0.05, 0) is 20.8 Å². The van der Waals surface area contributed by atoms with E-state index < -0.39 is 12.0 Å². The molecule has 0 amide bonds. The highest BCUT2D eigenvalue weighted by atomic mass is 16.4. The molecule has 1 heterocycles. The molecule has 0 radical (unpaired) electrons. The van der Waals surface area contributed by atoms with Crippen LogP contribution < -0.4 is 16.0 Å². The number of aromatic nitrogens is 3. The average Bonchev–Trinajstić information content (AvgIpc) is 2.35. The molecule has 0 fully saturated rings. The smallest absolute Gasteiger partial charge is 0.325 e. The molecule has 0 saturated carbocycles. The van der Waals surface area contributed by atoms with Crippen LogP contribution in [0.2, 0.25) is 0 Å². The molecule has 1 aromatic heterocycles. The third-order valence-corrected chi connectivity index (χ3v) is 2.16. The van der Waals surface area contributed by atoms with Gasteiger partial charge in [0.25, 0.3) is 0 Å². The van der Waals surface area contributed by atoms with E-state index in [-0.39, 0.29) is 24.5 Å². The lowest BCUT2D eigenvalue weighted by molar-refractivity contribution is -0.137. The van der Waals surface area contributed by atoms with Gasteiger partial charge in [-0.25, -0.2) is 0 Å². The molecule has 1 rings (SSSR count). The van der Waals surface area contributed by atoms with Crippen LogP contribution in [0.4, 0.5) is 17.8 Å². The van der Waals surface area contributed by atoms with Gasteiger partial charge in [-0.1, -0.05) is 0 Å². The summed E-state index contributed by atoms with van der Waals surface area (Å²) in [6, 6.07) is -0.706. The van der Waals surface area contributed by atoms with Crippen molar-refractivity contribution in [2.75, 3.05) is 29.1 Å². The van der Waals surface area contributed by atoms with Gasteiger partial charge in [0.15, 0.2) is 0 Å².